The molecule has 2 fully saturated rings. The molecule has 0 aromatic carbocycles. The van der Waals surface area contributed by atoms with E-state index in [1.54, 1.807) is 9.80 Å². The second-order valence-electron chi connectivity index (χ2n) is 5.68. The number of hydrogen-bond acceptors (Lipinski definition) is 4. The lowest BCUT2D eigenvalue weighted by Crippen LogP contribution is -2.56. The number of nitrogens with zero attached hydrogens (tertiary/aromatic N) is 2. The Balaban J connectivity index is 2.08. The molecule has 0 aliphatic carbocycles. The average molecular weight is 300 g/mol. The minimum Gasteiger partial charge on any atom is -0.481 e. The molecule has 0 spiro atoms. The van der Waals surface area contributed by atoms with E-state index in [2.05, 4.69) is 0 Å². The lowest BCUT2D eigenvalue weighted by molar-refractivity contribution is -0.139. The number of hydrogen-bond donors (Lipinski definition) is 2. The number of rotatable bonds is 3. The third-order valence-electron chi connectivity index (χ3n) is 4.22. The summed E-state index contributed by atoms with van der Waals surface area (Å²) in [4.78, 5) is 27.0. The van der Waals surface area contributed by atoms with E-state index >= 15 is 0 Å². The van der Waals surface area contributed by atoms with E-state index in [-0.39, 0.29) is 31.7 Å². The summed E-state index contributed by atoms with van der Waals surface area (Å²) in [5.41, 5.74) is 0. The smallest absolute Gasteiger partial charge is 0.320 e. The summed E-state index contributed by atoms with van der Waals surface area (Å²) in [6, 6.07) is -0.745. The maximum atomic E-state index is 12.8. The molecule has 0 bridgehead atoms. The van der Waals surface area contributed by atoms with Gasteiger partial charge in [0.2, 0.25) is 0 Å². The zero-order chi connectivity index (χ0) is 15.2. The van der Waals surface area contributed by atoms with Crippen LogP contribution in [0.5, 0.6) is 0 Å². The Bertz CT molecular complexity index is 376. The van der Waals surface area contributed by atoms with Crippen LogP contribution in [0.2, 0.25) is 0 Å². The Morgan fingerprint density at radius 3 is 2.57 bits per heavy atom. The van der Waals surface area contributed by atoms with E-state index in [9.17, 15) is 14.7 Å². The normalized spacial score (nSPS) is 27.3. The third-order valence-corrected chi connectivity index (χ3v) is 4.22. The highest BCUT2D eigenvalue weighted by atomic mass is 16.5. The number of morpholine rings is 1. The van der Waals surface area contributed by atoms with E-state index in [0.29, 0.717) is 19.7 Å². The number of ether oxygens (including phenoxy) is 1. The standard InChI is InChI=1S/C14H24N2O5/c17-9-11-4-2-1-3-5-15(11)14(20)16-6-7-21-10-12(16)8-13(18)19/h11-12,17H,1-10H2,(H,18,19). The minimum atomic E-state index is -0.933. The molecule has 0 saturated carbocycles. The lowest BCUT2D eigenvalue weighted by Gasteiger charge is -2.40. The summed E-state index contributed by atoms with van der Waals surface area (Å²) in [5, 5.41) is 18.5. The summed E-state index contributed by atoms with van der Waals surface area (Å²) in [5.74, 6) is -0.933. The predicted octanol–water partition coefficient (Wildman–Crippen LogP) is 0.519. The first kappa shape index (κ1) is 16.0. The van der Waals surface area contributed by atoms with Gasteiger partial charge in [0.25, 0.3) is 0 Å². The predicted molar refractivity (Wildman–Crippen MR) is 75.0 cm³/mol. The van der Waals surface area contributed by atoms with Crippen molar-refractivity contribution in [2.24, 2.45) is 0 Å². The molecule has 2 atom stereocenters. The highest BCUT2D eigenvalue weighted by Crippen LogP contribution is 2.21. The van der Waals surface area contributed by atoms with Gasteiger partial charge in [-0.2, -0.15) is 0 Å². The van der Waals surface area contributed by atoms with Crippen LogP contribution < -0.4 is 0 Å². The van der Waals surface area contributed by atoms with Gasteiger partial charge < -0.3 is 24.7 Å². The van der Waals surface area contributed by atoms with Crippen molar-refractivity contribution in [2.45, 2.75) is 44.2 Å². The third kappa shape index (κ3) is 4.07. The first-order chi connectivity index (χ1) is 10.1. The van der Waals surface area contributed by atoms with Gasteiger partial charge in [0.1, 0.15) is 0 Å². The Kier molecular flexibility index (Phi) is 5.81. The number of likely N-dealkylation sites (tertiary alicyclic amines) is 1. The molecule has 2 aliphatic rings. The molecule has 7 heteroatoms. The molecule has 2 aliphatic heterocycles. The first-order valence-electron chi connectivity index (χ1n) is 7.61. The van der Waals surface area contributed by atoms with Gasteiger partial charge in [-0.25, -0.2) is 4.79 Å². The molecule has 0 aromatic rings. The van der Waals surface area contributed by atoms with Gasteiger partial charge >= 0.3 is 12.0 Å². The largest absolute Gasteiger partial charge is 0.481 e. The van der Waals surface area contributed by atoms with E-state index in [0.717, 1.165) is 25.7 Å². The van der Waals surface area contributed by atoms with Crippen LogP contribution in [-0.4, -0.2) is 77.0 Å². The van der Waals surface area contributed by atoms with Crippen LogP contribution >= 0.6 is 0 Å². The summed E-state index contributed by atoms with van der Waals surface area (Å²) >= 11 is 0. The van der Waals surface area contributed by atoms with E-state index in [1.807, 2.05) is 0 Å². The van der Waals surface area contributed by atoms with Crippen LogP contribution in [0.3, 0.4) is 0 Å². The number of carbonyl (C=O) groups excluding carboxylic acids is 1. The van der Waals surface area contributed by atoms with Crippen molar-refractivity contribution in [2.75, 3.05) is 32.9 Å². The molecule has 2 rings (SSSR count). The van der Waals surface area contributed by atoms with Gasteiger partial charge in [0, 0.05) is 13.1 Å². The topological polar surface area (TPSA) is 90.3 Å². The number of aliphatic hydroxyl groups is 1. The van der Waals surface area contributed by atoms with Gasteiger partial charge in [-0.15, -0.1) is 0 Å². The van der Waals surface area contributed by atoms with E-state index in [4.69, 9.17) is 9.84 Å². The zero-order valence-corrected chi connectivity index (χ0v) is 12.2. The molecule has 21 heavy (non-hydrogen) atoms. The van der Waals surface area contributed by atoms with Crippen molar-refractivity contribution < 1.29 is 24.5 Å². The Hall–Kier alpha value is -1.34. The number of carboxylic acids is 1. The molecule has 2 amide bonds. The monoisotopic (exact) mass is 300 g/mol. The highest BCUT2D eigenvalue weighted by Gasteiger charge is 2.34. The maximum Gasteiger partial charge on any atom is 0.320 e. The van der Waals surface area contributed by atoms with Crippen molar-refractivity contribution in [3.63, 3.8) is 0 Å². The minimum absolute atomic E-state index is 0.0420. The zero-order valence-electron chi connectivity index (χ0n) is 12.2. The van der Waals surface area contributed by atoms with Gasteiger partial charge in [0.05, 0.1) is 38.3 Å². The molecule has 2 saturated heterocycles. The molecule has 2 unspecified atom stereocenters. The second kappa shape index (κ2) is 7.61. The number of carbonyl (C=O) groups is 2. The van der Waals surface area contributed by atoms with Gasteiger partial charge in [-0.3, -0.25) is 4.79 Å². The number of carboxylic acid groups (broad SMARTS) is 1. The first-order valence-corrected chi connectivity index (χ1v) is 7.61. The average Bonchev–Trinajstić information content (AvgIpc) is 2.71. The molecule has 2 N–H and O–H groups in total. The van der Waals surface area contributed by atoms with Crippen molar-refractivity contribution >= 4 is 12.0 Å². The number of aliphatic carboxylic acids is 1. The number of urea groups is 1. The van der Waals surface area contributed by atoms with Crippen LogP contribution in [0, 0.1) is 0 Å². The maximum absolute atomic E-state index is 12.8. The van der Waals surface area contributed by atoms with E-state index in [1.165, 1.54) is 0 Å². The fourth-order valence-corrected chi connectivity index (χ4v) is 3.06. The molecule has 7 nitrogen and oxygen atoms in total. The Morgan fingerprint density at radius 1 is 1.10 bits per heavy atom. The summed E-state index contributed by atoms with van der Waals surface area (Å²) < 4.78 is 5.30. The Morgan fingerprint density at radius 2 is 1.86 bits per heavy atom. The molecule has 120 valence electrons. The highest BCUT2D eigenvalue weighted by molar-refractivity contribution is 5.76. The lowest BCUT2D eigenvalue weighted by atomic mass is 10.1. The Labute approximate surface area is 124 Å². The number of aliphatic hydroxyl groups excluding tert-OH is 1. The van der Waals surface area contributed by atoms with Crippen molar-refractivity contribution in [3.05, 3.63) is 0 Å². The SMILES string of the molecule is O=C(O)CC1COCCN1C(=O)N1CCCCCC1CO. The molecular formula is C14H24N2O5. The summed E-state index contributed by atoms with van der Waals surface area (Å²) in [7, 11) is 0. The summed E-state index contributed by atoms with van der Waals surface area (Å²) in [6.07, 6.45) is 3.69. The molecule has 2 heterocycles. The number of amides is 2. The van der Waals surface area contributed by atoms with Crippen LogP contribution in [-0.2, 0) is 9.53 Å². The molecular weight excluding hydrogens is 276 g/mol. The van der Waals surface area contributed by atoms with Crippen molar-refractivity contribution in [3.8, 4) is 0 Å². The van der Waals surface area contributed by atoms with Crippen LogP contribution in [0.4, 0.5) is 4.79 Å². The van der Waals surface area contributed by atoms with Gasteiger partial charge in [-0.05, 0) is 12.8 Å². The van der Waals surface area contributed by atoms with Crippen molar-refractivity contribution in [1.82, 2.24) is 9.80 Å². The van der Waals surface area contributed by atoms with Crippen LogP contribution in [0.15, 0.2) is 0 Å². The van der Waals surface area contributed by atoms with Crippen molar-refractivity contribution in [1.29, 1.82) is 0 Å². The van der Waals surface area contributed by atoms with Crippen LogP contribution in [0.25, 0.3) is 0 Å². The second-order valence-corrected chi connectivity index (χ2v) is 5.68. The van der Waals surface area contributed by atoms with E-state index < -0.39 is 12.0 Å². The fourth-order valence-electron chi connectivity index (χ4n) is 3.06. The van der Waals surface area contributed by atoms with Gasteiger partial charge in [0.15, 0.2) is 0 Å². The molecule has 0 aromatic heterocycles. The molecule has 0 radical (unpaired) electrons. The fraction of sp³-hybridized carbons (Fsp3) is 0.857. The quantitative estimate of drug-likeness (QED) is 0.793. The van der Waals surface area contributed by atoms with Crippen LogP contribution in [0.1, 0.15) is 32.1 Å². The van der Waals surface area contributed by atoms with Gasteiger partial charge in [-0.1, -0.05) is 12.8 Å². The summed E-state index contributed by atoms with van der Waals surface area (Å²) in [6.45, 7) is 1.68.